The number of anilines is 2. The predicted octanol–water partition coefficient (Wildman–Crippen LogP) is 3.80. The van der Waals surface area contributed by atoms with Crippen molar-refractivity contribution in [2.45, 2.75) is 45.3 Å². The average Bonchev–Trinajstić information content (AvgIpc) is 3.22. The molecule has 0 aliphatic carbocycles. The molecule has 29 heavy (non-hydrogen) atoms. The van der Waals surface area contributed by atoms with Gasteiger partial charge in [-0.2, -0.15) is 0 Å². The van der Waals surface area contributed by atoms with Crippen molar-refractivity contribution in [1.82, 2.24) is 4.98 Å². The Balaban J connectivity index is 1.49. The van der Waals surface area contributed by atoms with E-state index in [1.807, 2.05) is 6.07 Å². The van der Waals surface area contributed by atoms with E-state index in [1.54, 1.807) is 12.3 Å². The van der Waals surface area contributed by atoms with Crippen LogP contribution in [0.5, 0.6) is 0 Å². The number of piperidine rings is 1. The van der Waals surface area contributed by atoms with Gasteiger partial charge < -0.3 is 19.7 Å². The summed E-state index contributed by atoms with van der Waals surface area (Å²) in [5.41, 5.74) is 3.88. The van der Waals surface area contributed by atoms with Crippen LogP contribution in [0.15, 0.2) is 36.5 Å². The Labute approximate surface area is 172 Å². The molecule has 2 aliphatic rings. The number of hydrogen-bond donors (Lipinski definition) is 1. The fraction of sp³-hybridized carbons (Fsp3) is 0.478. The van der Waals surface area contributed by atoms with Crippen LogP contribution in [-0.2, 0) is 22.3 Å². The molecule has 0 bridgehead atoms. The van der Waals surface area contributed by atoms with Crippen molar-refractivity contribution >= 4 is 17.4 Å². The lowest BCUT2D eigenvalue weighted by atomic mass is 10.0. The van der Waals surface area contributed by atoms with Gasteiger partial charge >= 0.3 is 0 Å². The Hall–Kier alpha value is -2.44. The molecule has 0 atom stereocenters. The third kappa shape index (κ3) is 4.14. The molecule has 3 heterocycles. The van der Waals surface area contributed by atoms with E-state index >= 15 is 0 Å². The van der Waals surface area contributed by atoms with Gasteiger partial charge in [-0.15, -0.1) is 0 Å². The lowest BCUT2D eigenvalue weighted by Crippen LogP contribution is -2.45. The summed E-state index contributed by atoms with van der Waals surface area (Å²) in [4.78, 5) is 19.7. The molecule has 6 nitrogen and oxygen atoms in total. The summed E-state index contributed by atoms with van der Waals surface area (Å²) in [6, 6.07) is 9.85. The first-order valence-corrected chi connectivity index (χ1v) is 10.5. The minimum atomic E-state index is -0.411. The van der Waals surface area contributed by atoms with Crippen molar-refractivity contribution in [1.29, 1.82) is 0 Å². The smallest absolute Gasteiger partial charge is 0.255 e. The Morgan fingerprint density at radius 2 is 1.76 bits per heavy atom. The Kier molecular flexibility index (Phi) is 5.83. The minimum Gasteiger partial charge on any atom is -0.356 e. The van der Waals surface area contributed by atoms with E-state index in [4.69, 9.17) is 9.47 Å². The maximum atomic E-state index is 13.0. The Morgan fingerprint density at radius 1 is 1.10 bits per heavy atom. The summed E-state index contributed by atoms with van der Waals surface area (Å²) in [5, 5.41) is 3.14. The minimum absolute atomic E-state index is 0.0970. The number of nitrogens with one attached hydrogen (secondary N) is 1. The highest BCUT2D eigenvalue weighted by atomic mass is 16.7. The van der Waals surface area contributed by atoms with Crippen LogP contribution in [0.3, 0.4) is 0 Å². The van der Waals surface area contributed by atoms with Gasteiger partial charge in [0, 0.05) is 43.4 Å². The maximum Gasteiger partial charge on any atom is 0.255 e. The largest absolute Gasteiger partial charge is 0.356 e. The molecule has 2 fully saturated rings. The number of rotatable bonds is 5. The van der Waals surface area contributed by atoms with Crippen LogP contribution in [0.2, 0.25) is 0 Å². The summed E-state index contributed by atoms with van der Waals surface area (Å²) >= 11 is 0. The zero-order chi connectivity index (χ0) is 20.3. The van der Waals surface area contributed by atoms with Crippen molar-refractivity contribution in [2.75, 3.05) is 36.5 Å². The normalized spacial score (nSPS) is 18.2. The molecular weight excluding hydrogens is 366 g/mol. The second-order valence-electron chi connectivity index (χ2n) is 7.61. The lowest BCUT2D eigenvalue weighted by Gasteiger charge is -2.38. The van der Waals surface area contributed by atoms with Crippen LogP contribution in [0.1, 0.15) is 48.2 Å². The van der Waals surface area contributed by atoms with Crippen molar-refractivity contribution < 1.29 is 14.3 Å². The zero-order valence-electron chi connectivity index (χ0n) is 17.2. The van der Waals surface area contributed by atoms with Gasteiger partial charge in [0.15, 0.2) is 5.79 Å². The van der Waals surface area contributed by atoms with Gasteiger partial charge in [-0.3, -0.25) is 4.79 Å². The molecule has 1 spiro atoms. The van der Waals surface area contributed by atoms with Gasteiger partial charge in [0.1, 0.15) is 5.82 Å². The SMILES string of the molecule is CCc1cccc(CC)c1NC(=O)c1ccnc(N2CCC3(CC2)OCCO3)c1. The third-order valence-corrected chi connectivity index (χ3v) is 5.91. The molecule has 2 aliphatic heterocycles. The van der Waals surface area contributed by atoms with Gasteiger partial charge in [0.25, 0.3) is 5.91 Å². The van der Waals surface area contributed by atoms with E-state index in [0.29, 0.717) is 18.8 Å². The molecule has 2 aromatic rings. The molecule has 1 aromatic heterocycles. The second-order valence-corrected chi connectivity index (χ2v) is 7.61. The molecule has 1 aromatic carbocycles. The number of para-hydroxylation sites is 1. The number of aryl methyl sites for hydroxylation is 2. The number of amides is 1. The predicted molar refractivity (Wildman–Crippen MR) is 113 cm³/mol. The Morgan fingerprint density at radius 3 is 2.38 bits per heavy atom. The van der Waals surface area contributed by atoms with E-state index in [0.717, 1.165) is 61.4 Å². The first kappa shape index (κ1) is 19.9. The molecule has 0 saturated carbocycles. The molecular formula is C23H29N3O3. The number of nitrogens with zero attached hydrogens (tertiary/aromatic N) is 2. The molecule has 4 rings (SSSR count). The quantitative estimate of drug-likeness (QED) is 0.834. The van der Waals surface area contributed by atoms with Crippen LogP contribution in [0.25, 0.3) is 0 Å². The van der Waals surface area contributed by atoms with E-state index in [-0.39, 0.29) is 5.91 Å². The number of ether oxygens (including phenoxy) is 2. The highest BCUT2D eigenvalue weighted by molar-refractivity contribution is 6.05. The number of carbonyl (C=O) groups is 1. The van der Waals surface area contributed by atoms with E-state index in [9.17, 15) is 4.79 Å². The van der Waals surface area contributed by atoms with E-state index in [1.165, 1.54) is 0 Å². The first-order chi connectivity index (χ1) is 14.1. The number of carbonyl (C=O) groups excluding carboxylic acids is 1. The Bertz CT molecular complexity index is 845. The molecule has 6 heteroatoms. The fourth-order valence-electron chi connectivity index (χ4n) is 4.18. The zero-order valence-corrected chi connectivity index (χ0v) is 17.2. The summed E-state index contributed by atoms with van der Waals surface area (Å²) in [7, 11) is 0. The van der Waals surface area contributed by atoms with E-state index in [2.05, 4.69) is 47.2 Å². The van der Waals surface area contributed by atoms with Crippen LogP contribution in [0, 0.1) is 0 Å². The van der Waals surface area contributed by atoms with Crippen molar-refractivity contribution in [3.63, 3.8) is 0 Å². The van der Waals surface area contributed by atoms with Crippen molar-refractivity contribution in [2.24, 2.45) is 0 Å². The number of aromatic nitrogens is 1. The number of pyridine rings is 1. The van der Waals surface area contributed by atoms with Crippen LogP contribution in [0.4, 0.5) is 11.5 Å². The van der Waals surface area contributed by atoms with Crippen LogP contribution < -0.4 is 10.2 Å². The summed E-state index contributed by atoms with van der Waals surface area (Å²) < 4.78 is 11.6. The molecule has 1 N–H and O–H groups in total. The van der Waals surface area contributed by atoms with Gasteiger partial charge in [-0.25, -0.2) is 4.98 Å². The highest BCUT2D eigenvalue weighted by Crippen LogP contribution is 2.33. The number of benzene rings is 1. The molecule has 0 unspecified atom stereocenters. The molecule has 154 valence electrons. The number of hydrogen-bond acceptors (Lipinski definition) is 5. The van der Waals surface area contributed by atoms with E-state index < -0.39 is 5.79 Å². The van der Waals surface area contributed by atoms with Crippen molar-refractivity contribution in [3.05, 3.63) is 53.2 Å². The summed E-state index contributed by atoms with van der Waals surface area (Å²) in [6.45, 7) is 7.17. The van der Waals surface area contributed by atoms with Crippen LogP contribution >= 0.6 is 0 Å². The molecule has 0 radical (unpaired) electrons. The summed E-state index contributed by atoms with van der Waals surface area (Å²) in [6.07, 6.45) is 5.10. The van der Waals surface area contributed by atoms with Gasteiger partial charge in [0.05, 0.1) is 13.2 Å². The van der Waals surface area contributed by atoms with Crippen molar-refractivity contribution in [3.8, 4) is 0 Å². The fourth-order valence-corrected chi connectivity index (χ4v) is 4.18. The average molecular weight is 396 g/mol. The highest BCUT2D eigenvalue weighted by Gasteiger charge is 2.40. The monoisotopic (exact) mass is 395 g/mol. The first-order valence-electron chi connectivity index (χ1n) is 10.5. The second kappa shape index (κ2) is 8.51. The lowest BCUT2D eigenvalue weighted by molar-refractivity contribution is -0.169. The van der Waals surface area contributed by atoms with Crippen LogP contribution in [-0.4, -0.2) is 43.0 Å². The third-order valence-electron chi connectivity index (χ3n) is 5.91. The standard InChI is InChI=1S/C23H29N3O3/c1-3-17-6-5-7-18(4-2)21(17)25-22(27)19-8-11-24-20(16-19)26-12-9-23(10-13-26)28-14-15-29-23/h5-8,11,16H,3-4,9-10,12-15H2,1-2H3,(H,25,27). The molecule has 1 amide bonds. The summed E-state index contributed by atoms with van der Waals surface area (Å²) in [5.74, 6) is 0.316. The van der Waals surface area contributed by atoms with Gasteiger partial charge in [-0.05, 0) is 36.1 Å². The molecule has 2 saturated heterocycles. The van der Waals surface area contributed by atoms with Gasteiger partial charge in [-0.1, -0.05) is 32.0 Å². The topological polar surface area (TPSA) is 63.7 Å². The van der Waals surface area contributed by atoms with Gasteiger partial charge in [0.2, 0.25) is 0 Å². The maximum absolute atomic E-state index is 13.0.